The summed E-state index contributed by atoms with van der Waals surface area (Å²) in [6.45, 7) is 4.57. The lowest BCUT2D eigenvalue weighted by Gasteiger charge is -2.17. The second-order valence-electron chi connectivity index (χ2n) is 3.86. The molecule has 6 nitrogen and oxygen atoms in total. The standard InChI is InChI=1S/C10H20N4O2/c1-7(8(2)15)14-10(4-5-16-3)9(6-11)12-13-14/h7-8,15H,4-6,11H2,1-3H3. The number of rotatable bonds is 6. The van der Waals surface area contributed by atoms with Crippen molar-refractivity contribution in [2.75, 3.05) is 13.7 Å². The zero-order valence-electron chi connectivity index (χ0n) is 10.1. The van der Waals surface area contributed by atoms with E-state index >= 15 is 0 Å². The highest BCUT2D eigenvalue weighted by Gasteiger charge is 2.19. The molecule has 0 spiro atoms. The van der Waals surface area contributed by atoms with Gasteiger partial charge in [0.05, 0.1) is 30.1 Å². The molecule has 0 aliphatic heterocycles. The monoisotopic (exact) mass is 228 g/mol. The van der Waals surface area contributed by atoms with Crippen molar-refractivity contribution in [1.82, 2.24) is 15.0 Å². The molecule has 1 heterocycles. The molecule has 2 unspecified atom stereocenters. The van der Waals surface area contributed by atoms with Gasteiger partial charge in [0.1, 0.15) is 0 Å². The molecule has 0 saturated carbocycles. The van der Waals surface area contributed by atoms with Gasteiger partial charge in [0.25, 0.3) is 0 Å². The molecule has 0 aliphatic carbocycles. The molecular formula is C10H20N4O2. The molecule has 1 rings (SSSR count). The Morgan fingerprint density at radius 1 is 1.50 bits per heavy atom. The Morgan fingerprint density at radius 3 is 2.69 bits per heavy atom. The molecule has 0 fully saturated rings. The summed E-state index contributed by atoms with van der Waals surface area (Å²) in [7, 11) is 1.65. The summed E-state index contributed by atoms with van der Waals surface area (Å²) in [6, 6.07) is -0.111. The van der Waals surface area contributed by atoms with Crippen molar-refractivity contribution in [2.45, 2.75) is 39.0 Å². The van der Waals surface area contributed by atoms with Gasteiger partial charge in [-0.2, -0.15) is 0 Å². The first-order valence-electron chi connectivity index (χ1n) is 5.41. The van der Waals surface area contributed by atoms with Gasteiger partial charge in [0, 0.05) is 20.1 Å². The topological polar surface area (TPSA) is 86.2 Å². The number of hydrogen-bond acceptors (Lipinski definition) is 5. The molecule has 92 valence electrons. The normalized spacial score (nSPS) is 15.1. The van der Waals surface area contributed by atoms with Gasteiger partial charge in [-0.15, -0.1) is 5.10 Å². The average molecular weight is 228 g/mol. The molecule has 3 N–H and O–H groups in total. The van der Waals surface area contributed by atoms with Crippen LogP contribution < -0.4 is 5.73 Å². The summed E-state index contributed by atoms with van der Waals surface area (Å²) in [5, 5.41) is 17.6. The Morgan fingerprint density at radius 2 is 2.19 bits per heavy atom. The molecule has 16 heavy (non-hydrogen) atoms. The third kappa shape index (κ3) is 2.78. The maximum absolute atomic E-state index is 9.56. The highest BCUT2D eigenvalue weighted by atomic mass is 16.5. The molecule has 6 heteroatoms. The lowest BCUT2D eigenvalue weighted by atomic mass is 10.2. The van der Waals surface area contributed by atoms with E-state index < -0.39 is 6.10 Å². The summed E-state index contributed by atoms with van der Waals surface area (Å²) < 4.78 is 6.77. The zero-order chi connectivity index (χ0) is 12.1. The van der Waals surface area contributed by atoms with E-state index in [-0.39, 0.29) is 6.04 Å². The maximum atomic E-state index is 9.56. The molecule has 1 aromatic heterocycles. The highest BCUT2D eigenvalue weighted by Crippen LogP contribution is 2.15. The van der Waals surface area contributed by atoms with Crippen LogP contribution in [-0.4, -0.2) is 39.9 Å². The number of nitrogens with two attached hydrogens (primary N) is 1. The van der Waals surface area contributed by atoms with Crippen LogP contribution in [0.3, 0.4) is 0 Å². The smallest absolute Gasteiger partial charge is 0.0995 e. The van der Waals surface area contributed by atoms with Crippen molar-refractivity contribution in [3.63, 3.8) is 0 Å². The van der Waals surface area contributed by atoms with E-state index in [0.717, 1.165) is 11.4 Å². The van der Waals surface area contributed by atoms with E-state index in [1.165, 1.54) is 0 Å². The predicted molar refractivity (Wildman–Crippen MR) is 59.9 cm³/mol. The zero-order valence-corrected chi connectivity index (χ0v) is 10.1. The molecule has 1 aromatic rings. The van der Waals surface area contributed by atoms with E-state index in [1.54, 1.807) is 18.7 Å². The van der Waals surface area contributed by atoms with Crippen LogP contribution in [0.2, 0.25) is 0 Å². The van der Waals surface area contributed by atoms with E-state index in [4.69, 9.17) is 10.5 Å². The lowest BCUT2D eigenvalue weighted by Crippen LogP contribution is -2.22. The minimum atomic E-state index is -0.478. The third-order valence-electron chi connectivity index (χ3n) is 2.69. The first-order valence-corrected chi connectivity index (χ1v) is 5.41. The summed E-state index contributed by atoms with van der Waals surface area (Å²) in [4.78, 5) is 0. The minimum absolute atomic E-state index is 0.111. The summed E-state index contributed by atoms with van der Waals surface area (Å²) in [5.74, 6) is 0. The molecule has 0 amide bonds. The number of aliphatic hydroxyl groups excluding tert-OH is 1. The SMILES string of the molecule is COCCc1c(CN)nnn1C(C)C(C)O. The number of ether oxygens (including phenoxy) is 1. The van der Waals surface area contributed by atoms with Crippen LogP contribution >= 0.6 is 0 Å². The van der Waals surface area contributed by atoms with Gasteiger partial charge >= 0.3 is 0 Å². The Bertz CT molecular complexity index is 325. The minimum Gasteiger partial charge on any atom is -0.391 e. The molecule has 0 saturated heterocycles. The Kier molecular flexibility index (Phi) is 4.85. The molecule has 0 bridgehead atoms. The Balaban J connectivity index is 2.94. The van der Waals surface area contributed by atoms with E-state index in [2.05, 4.69) is 10.3 Å². The van der Waals surface area contributed by atoms with Gasteiger partial charge in [-0.05, 0) is 13.8 Å². The van der Waals surface area contributed by atoms with Gasteiger partial charge in [-0.1, -0.05) is 5.21 Å². The van der Waals surface area contributed by atoms with Crippen LogP contribution in [0.1, 0.15) is 31.3 Å². The van der Waals surface area contributed by atoms with Gasteiger partial charge in [-0.25, -0.2) is 4.68 Å². The molecule has 0 aliphatic rings. The van der Waals surface area contributed by atoms with Crippen LogP contribution in [0.25, 0.3) is 0 Å². The van der Waals surface area contributed by atoms with Crippen LogP contribution in [0, 0.1) is 0 Å². The largest absolute Gasteiger partial charge is 0.391 e. The average Bonchev–Trinajstić information content (AvgIpc) is 2.67. The quantitative estimate of drug-likeness (QED) is 0.708. The van der Waals surface area contributed by atoms with Crippen molar-refractivity contribution in [1.29, 1.82) is 0 Å². The maximum Gasteiger partial charge on any atom is 0.0995 e. The van der Waals surface area contributed by atoms with Crippen molar-refractivity contribution in [2.24, 2.45) is 5.73 Å². The highest BCUT2D eigenvalue weighted by molar-refractivity contribution is 5.11. The van der Waals surface area contributed by atoms with Crippen LogP contribution in [-0.2, 0) is 17.7 Å². The van der Waals surface area contributed by atoms with Crippen molar-refractivity contribution in [3.8, 4) is 0 Å². The van der Waals surface area contributed by atoms with Crippen molar-refractivity contribution >= 4 is 0 Å². The molecule has 0 aromatic carbocycles. The molecule has 2 atom stereocenters. The van der Waals surface area contributed by atoms with Gasteiger partial charge in [-0.3, -0.25) is 0 Å². The Hall–Kier alpha value is -0.980. The Labute approximate surface area is 95.4 Å². The van der Waals surface area contributed by atoms with Gasteiger partial charge in [0.2, 0.25) is 0 Å². The fourth-order valence-corrected chi connectivity index (χ4v) is 1.49. The first kappa shape index (κ1) is 13.1. The van der Waals surface area contributed by atoms with E-state index in [9.17, 15) is 5.11 Å². The van der Waals surface area contributed by atoms with Crippen LogP contribution in [0.15, 0.2) is 0 Å². The van der Waals surface area contributed by atoms with Crippen molar-refractivity contribution < 1.29 is 9.84 Å². The van der Waals surface area contributed by atoms with E-state index in [0.29, 0.717) is 19.6 Å². The second-order valence-corrected chi connectivity index (χ2v) is 3.86. The summed E-state index contributed by atoms with van der Waals surface area (Å²) in [6.07, 6.45) is 0.223. The summed E-state index contributed by atoms with van der Waals surface area (Å²) >= 11 is 0. The number of hydrogen-bond donors (Lipinski definition) is 2. The van der Waals surface area contributed by atoms with Gasteiger partial charge < -0.3 is 15.6 Å². The predicted octanol–water partition coefficient (Wildman–Crippen LogP) is -0.132. The fourth-order valence-electron chi connectivity index (χ4n) is 1.49. The second kappa shape index (κ2) is 5.93. The van der Waals surface area contributed by atoms with Crippen LogP contribution in [0.4, 0.5) is 0 Å². The number of aromatic nitrogens is 3. The number of methoxy groups -OCH3 is 1. The number of aliphatic hydroxyl groups is 1. The molecular weight excluding hydrogens is 208 g/mol. The van der Waals surface area contributed by atoms with Gasteiger partial charge in [0.15, 0.2) is 0 Å². The first-order chi connectivity index (χ1) is 7.61. The number of nitrogens with zero attached hydrogens (tertiary/aromatic N) is 3. The van der Waals surface area contributed by atoms with E-state index in [1.807, 2.05) is 6.92 Å². The third-order valence-corrected chi connectivity index (χ3v) is 2.69. The molecule has 0 radical (unpaired) electrons. The fraction of sp³-hybridized carbons (Fsp3) is 0.800. The van der Waals surface area contributed by atoms with Crippen molar-refractivity contribution in [3.05, 3.63) is 11.4 Å². The summed E-state index contributed by atoms with van der Waals surface area (Å²) in [5.41, 5.74) is 7.30. The lowest BCUT2D eigenvalue weighted by molar-refractivity contribution is 0.128. The van der Waals surface area contributed by atoms with Crippen LogP contribution in [0.5, 0.6) is 0 Å².